The maximum atomic E-state index is 5.36. The molecule has 1 aromatic rings. The van der Waals surface area contributed by atoms with E-state index >= 15 is 0 Å². The molecular formula is C10H10NO+. The molecule has 1 aromatic heterocycles. The van der Waals surface area contributed by atoms with Crippen LogP contribution in [0, 0.1) is 0 Å². The van der Waals surface area contributed by atoms with E-state index in [4.69, 9.17) is 4.74 Å². The Bertz CT molecular complexity index is 303. The van der Waals surface area contributed by atoms with Crippen molar-refractivity contribution in [3.8, 4) is 0 Å². The molecule has 0 N–H and O–H groups in total. The van der Waals surface area contributed by atoms with Gasteiger partial charge in [-0.1, -0.05) is 12.1 Å². The number of nitrogens with zero attached hydrogens (tertiary/aromatic N) is 1. The summed E-state index contributed by atoms with van der Waals surface area (Å²) in [6.45, 7) is 0. The van der Waals surface area contributed by atoms with Crippen molar-refractivity contribution in [2.24, 2.45) is 0 Å². The highest BCUT2D eigenvalue weighted by Crippen LogP contribution is 2.06. The van der Waals surface area contributed by atoms with Crippen LogP contribution in [0.3, 0.4) is 0 Å². The zero-order chi connectivity index (χ0) is 8.23. The van der Waals surface area contributed by atoms with Gasteiger partial charge in [0.25, 0.3) is 0 Å². The highest BCUT2D eigenvalue weighted by Gasteiger charge is 2.14. The molecule has 12 heavy (non-hydrogen) atoms. The number of pyridine rings is 1. The minimum atomic E-state index is 0.0104. The number of hydrogen-bond acceptors (Lipinski definition) is 1. The lowest BCUT2D eigenvalue weighted by molar-refractivity contribution is -0.746. The summed E-state index contributed by atoms with van der Waals surface area (Å²) < 4.78 is 7.36. The SMILES string of the molecule is C1=COC([n+]2ccccc2)C=C1. The summed E-state index contributed by atoms with van der Waals surface area (Å²) >= 11 is 0. The monoisotopic (exact) mass is 160 g/mol. The zero-order valence-corrected chi connectivity index (χ0v) is 6.63. The molecule has 0 fully saturated rings. The summed E-state index contributed by atoms with van der Waals surface area (Å²) in [5.41, 5.74) is 0. The van der Waals surface area contributed by atoms with Crippen LogP contribution < -0.4 is 4.57 Å². The van der Waals surface area contributed by atoms with Gasteiger partial charge in [0.05, 0.1) is 6.26 Å². The van der Waals surface area contributed by atoms with Gasteiger partial charge in [-0.2, -0.15) is 4.57 Å². The Hall–Kier alpha value is -1.57. The molecule has 0 radical (unpaired) electrons. The average molecular weight is 160 g/mol. The van der Waals surface area contributed by atoms with Crippen LogP contribution in [0.2, 0.25) is 0 Å². The second kappa shape index (κ2) is 3.22. The van der Waals surface area contributed by atoms with Gasteiger partial charge in [0.2, 0.25) is 0 Å². The zero-order valence-electron chi connectivity index (χ0n) is 6.63. The van der Waals surface area contributed by atoms with Gasteiger partial charge in [0, 0.05) is 18.2 Å². The molecule has 2 rings (SSSR count). The van der Waals surface area contributed by atoms with E-state index in [0.29, 0.717) is 0 Å². The van der Waals surface area contributed by atoms with Crippen LogP contribution in [0.1, 0.15) is 6.23 Å². The Morgan fingerprint density at radius 3 is 2.50 bits per heavy atom. The summed E-state index contributed by atoms with van der Waals surface area (Å²) in [5, 5.41) is 0. The molecule has 2 nitrogen and oxygen atoms in total. The van der Waals surface area contributed by atoms with E-state index in [2.05, 4.69) is 0 Å². The van der Waals surface area contributed by atoms with Crippen molar-refractivity contribution < 1.29 is 9.30 Å². The number of rotatable bonds is 1. The van der Waals surface area contributed by atoms with E-state index in [1.165, 1.54) is 0 Å². The molecular weight excluding hydrogens is 150 g/mol. The van der Waals surface area contributed by atoms with E-state index in [1.807, 2.05) is 53.4 Å². The minimum absolute atomic E-state index is 0.0104. The smallest absolute Gasteiger partial charge is 0.321 e. The topological polar surface area (TPSA) is 13.1 Å². The highest BCUT2D eigenvalue weighted by molar-refractivity contribution is 5.03. The number of hydrogen-bond donors (Lipinski definition) is 0. The van der Waals surface area contributed by atoms with Crippen LogP contribution in [-0.2, 0) is 4.74 Å². The molecule has 0 saturated heterocycles. The summed E-state index contributed by atoms with van der Waals surface area (Å²) in [6, 6.07) is 5.95. The molecule has 0 saturated carbocycles. The molecule has 1 unspecified atom stereocenters. The van der Waals surface area contributed by atoms with Crippen molar-refractivity contribution in [2.75, 3.05) is 0 Å². The normalized spacial score (nSPS) is 20.5. The van der Waals surface area contributed by atoms with Crippen LogP contribution in [0.5, 0.6) is 0 Å². The van der Waals surface area contributed by atoms with Gasteiger partial charge >= 0.3 is 6.23 Å². The van der Waals surface area contributed by atoms with Crippen LogP contribution in [0.15, 0.2) is 55.1 Å². The molecule has 60 valence electrons. The van der Waals surface area contributed by atoms with Crippen molar-refractivity contribution in [1.82, 2.24) is 0 Å². The van der Waals surface area contributed by atoms with E-state index in [1.54, 1.807) is 6.26 Å². The van der Waals surface area contributed by atoms with Crippen molar-refractivity contribution >= 4 is 0 Å². The molecule has 2 heterocycles. The Labute approximate surface area is 71.4 Å². The first kappa shape index (κ1) is 7.10. The molecule has 1 aliphatic heterocycles. The average Bonchev–Trinajstić information content (AvgIpc) is 2.21. The fourth-order valence-electron chi connectivity index (χ4n) is 1.13. The molecule has 1 atom stereocenters. The summed E-state index contributed by atoms with van der Waals surface area (Å²) in [6.07, 6.45) is 11.5. The van der Waals surface area contributed by atoms with Gasteiger partial charge in [0.15, 0.2) is 12.4 Å². The first-order chi connectivity index (χ1) is 5.97. The molecule has 0 spiro atoms. The molecule has 1 aliphatic rings. The van der Waals surface area contributed by atoms with Gasteiger partial charge < -0.3 is 4.74 Å². The third kappa shape index (κ3) is 1.37. The lowest BCUT2D eigenvalue weighted by atomic mass is 10.3. The van der Waals surface area contributed by atoms with Crippen LogP contribution >= 0.6 is 0 Å². The van der Waals surface area contributed by atoms with Crippen molar-refractivity contribution in [1.29, 1.82) is 0 Å². The van der Waals surface area contributed by atoms with Gasteiger partial charge in [-0.05, 0) is 6.08 Å². The first-order valence-corrected chi connectivity index (χ1v) is 3.91. The van der Waals surface area contributed by atoms with Crippen molar-refractivity contribution in [2.45, 2.75) is 6.23 Å². The summed E-state index contributed by atoms with van der Waals surface area (Å²) in [5.74, 6) is 0. The fourth-order valence-corrected chi connectivity index (χ4v) is 1.13. The predicted octanol–water partition coefficient (Wildman–Crippen LogP) is 1.57. The second-order valence-corrected chi connectivity index (χ2v) is 2.56. The van der Waals surface area contributed by atoms with E-state index in [-0.39, 0.29) is 6.23 Å². The lowest BCUT2D eigenvalue weighted by Crippen LogP contribution is -2.38. The second-order valence-electron chi connectivity index (χ2n) is 2.56. The van der Waals surface area contributed by atoms with Crippen LogP contribution in [-0.4, -0.2) is 0 Å². The maximum absolute atomic E-state index is 5.36. The predicted molar refractivity (Wildman–Crippen MR) is 45.0 cm³/mol. The number of allylic oxidation sites excluding steroid dienone is 2. The molecule has 0 bridgehead atoms. The summed E-state index contributed by atoms with van der Waals surface area (Å²) in [7, 11) is 0. The Kier molecular flexibility index (Phi) is 1.90. The Morgan fingerprint density at radius 1 is 1.00 bits per heavy atom. The van der Waals surface area contributed by atoms with Crippen molar-refractivity contribution in [3.05, 3.63) is 55.1 Å². The van der Waals surface area contributed by atoms with Gasteiger partial charge in [0.1, 0.15) is 0 Å². The first-order valence-electron chi connectivity index (χ1n) is 3.91. The fraction of sp³-hybridized carbons (Fsp3) is 0.100. The molecule has 0 amide bonds. The number of aromatic nitrogens is 1. The lowest BCUT2D eigenvalue weighted by Gasteiger charge is -2.08. The molecule has 0 aromatic carbocycles. The highest BCUT2D eigenvalue weighted by atomic mass is 16.5. The van der Waals surface area contributed by atoms with Crippen LogP contribution in [0.4, 0.5) is 0 Å². The maximum Gasteiger partial charge on any atom is 0.321 e. The van der Waals surface area contributed by atoms with E-state index in [0.717, 1.165) is 0 Å². The third-order valence-electron chi connectivity index (χ3n) is 1.72. The Balaban J connectivity index is 2.21. The quantitative estimate of drug-likeness (QED) is 0.568. The van der Waals surface area contributed by atoms with E-state index < -0.39 is 0 Å². The van der Waals surface area contributed by atoms with Gasteiger partial charge in [-0.3, -0.25) is 0 Å². The number of ether oxygens (including phenoxy) is 1. The largest absolute Gasteiger partial charge is 0.438 e. The molecule has 2 heteroatoms. The van der Waals surface area contributed by atoms with Gasteiger partial charge in [-0.15, -0.1) is 0 Å². The molecule has 0 aliphatic carbocycles. The Morgan fingerprint density at radius 2 is 1.83 bits per heavy atom. The minimum Gasteiger partial charge on any atom is -0.438 e. The van der Waals surface area contributed by atoms with Crippen molar-refractivity contribution in [3.63, 3.8) is 0 Å². The standard InChI is InChI=1S/C10H10NO/c1-3-7-11(8-4-1)10-6-2-5-9-12-10/h1-10H/q+1. The van der Waals surface area contributed by atoms with E-state index in [9.17, 15) is 0 Å². The summed E-state index contributed by atoms with van der Waals surface area (Å²) in [4.78, 5) is 0. The third-order valence-corrected chi connectivity index (χ3v) is 1.72. The van der Waals surface area contributed by atoms with Gasteiger partial charge in [-0.25, -0.2) is 0 Å². The van der Waals surface area contributed by atoms with Crippen LogP contribution in [0.25, 0.3) is 0 Å².